The molecular formula is C18H18F4N2O4S. The first kappa shape index (κ1) is 22.6. The van der Waals surface area contributed by atoms with E-state index in [1.165, 1.54) is 30.1 Å². The van der Waals surface area contributed by atoms with Gasteiger partial charge in [-0.1, -0.05) is 18.2 Å². The van der Waals surface area contributed by atoms with Crippen molar-refractivity contribution in [2.24, 2.45) is 0 Å². The van der Waals surface area contributed by atoms with E-state index >= 15 is 0 Å². The van der Waals surface area contributed by atoms with Gasteiger partial charge in [0.05, 0.1) is 4.90 Å². The topological polar surface area (TPSA) is 75.7 Å². The van der Waals surface area contributed by atoms with Gasteiger partial charge in [0.2, 0.25) is 15.9 Å². The number of benzene rings is 2. The van der Waals surface area contributed by atoms with Gasteiger partial charge in [0.15, 0.2) is 0 Å². The molecule has 0 aliphatic carbocycles. The summed E-state index contributed by atoms with van der Waals surface area (Å²) in [5.41, 5.74) is 0.324. The van der Waals surface area contributed by atoms with Gasteiger partial charge in [-0.25, -0.2) is 17.5 Å². The van der Waals surface area contributed by atoms with Crippen LogP contribution in [0.15, 0.2) is 53.4 Å². The third-order valence-corrected chi connectivity index (χ3v) is 5.27. The summed E-state index contributed by atoms with van der Waals surface area (Å²) in [4.78, 5) is 13.1. The Labute approximate surface area is 165 Å². The molecule has 29 heavy (non-hydrogen) atoms. The minimum atomic E-state index is -4.88. The van der Waals surface area contributed by atoms with E-state index in [0.29, 0.717) is 5.56 Å². The zero-order valence-corrected chi connectivity index (χ0v) is 16.1. The van der Waals surface area contributed by atoms with E-state index in [0.717, 1.165) is 24.3 Å². The van der Waals surface area contributed by atoms with Crippen molar-refractivity contribution in [2.45, 2.75) is 24.2 Å². The van der Waals surface area contributed by atoms with Gasteiger partial charge < -0.3 is 9.64 Å². The first-order valence-electron chi connectivity index (χ1n) is 8.31. The van der Waals surface area contributed by atoms with Crippen LogP contribution in [0.25, 0.3) is 0 Å². The van der Waals surface area contributed by atoms with Crippen molar-refractivity contribution < 1.29 is 35.5 Å². The number of ether oxygens (including phenoxy) is 1. The number of alkyl halides is 3. The molecule has 1 amide bonds. The molecular weight excluding hydrogens is 416 g/mol. The molecule has 0 bridgehead atoms. The van der Waals surface area contributed by atoms with E-state index in [1.54, 1.807) is 6.07 Å². The Balaban J connectivity index is 1.88. The van der Waals surface area contributed by atoms with E-state index in [2.05, 4.69) is 9.46 Å². The van der Waals surface area contributed by atoms with Crippen LogP contribution in [-0.2, 0) is 21.4 Å². The number of carbonyl (C=O) groups is 1. The Morgan fingerprint density at radius 1 is 1.10 bits per heavy atom. The molecule has 0 aromatic heterocycles. The van der Waals surface area contributed by atoms with Gasteiger partial charge in [-0.3, -0.25) is 4.79 Å². The third-order valence-electron chi connectivity index (χ3n) is 3.79. The number of nitrogens with zero attached hydrogens (tertiary/aromatic N) is 1. The van der Waals surface area contributed by atoms with Crippen molar-refractivity contribution in [3.05, 3.63) is 59.9 Å². The Morgan fingerprint density at radius 2 is 1.72 bits per heavy atom. The number of nitrogens with one attached hydrogen (secondary N) is 1. The number of sulfonamides is 1. The molecule has 0 heterocycles. The highest BCUT2D eigenvalue weighted by Crippen LogP contribution is 2.23. The fourth-order valence-corrected chi connectivity index (χ4v) is 3.39. The van der Waals surface area contributed by atoms with Gasteiger partial charge in [0, 0.05) is 32.1 Å². The summed E-state index contributed by atoms with van der Waals surface area (Å²) < 4.78 is 80.2. The predicted molar refractivity (Wildman–Crippen MR) is 95.8 cm³/mol. The van der Waals surface area contributed by atoms with Crippen LogP contribution >= 0.6 is 0 Å². The zero-order chi connectivity index (χ0) is 21.7. The molecule has 0 saturated carbocycles. The van der Waals surface area contributed by atoms with Crippen LogP contribution in [0.5, 0.6) is 5.75 Å². The van der Waals surface area contributed by atoms with Crippen LogP contribution in [0, 0.1) is 5.82 Å². The summed E-state index contributed by atoms with van der Waals surface area (Å²) in [6.45, 7) is -0.206. The number of hydrogen-bond acceptors (Lipinski definition) is 4. The van der Waals surface area contributed by atoms with Crippen LogP contribution in [0.4, 0.5) is 17.6 Å². The van der Waals surface area contributed by atoms with E-state index in [4.69, 9.17) is 0 Å². The van der Waals surface area contributed by atoms with Gasteiger partial charge in [-0.15, -0.1) is 13.2 Å². The largest absolute Gasteiger partial charge is 0.573 e. The average molecular weight is 434 g/mol. The molecule has 2 aromatic carbocycles. The first-order valence-corrected chi connectivity index (χ1v) is 9.79. The summed E-state index contributed by atoms with van der Waals surface area (Å²) in [6.07, 6.45) is -5.06. The third kappa shape index (κ3) is 7.02. The summed E-state index contributed by atoms with van der Waals surface area (Å²) in [5, 5.41) is 0. The Morgan fingerprint density at radius 3 is 2.31 bits per heavy atom. The second-order valence-electron chi connectivity index (χ2n) is 6.01. The first-order chi connectivity index (χ1) is 13.5. The molecule has 158 valence electrons. The fraction of sp³-hybridized carbons (Fsp3) is 0.278. The second-order valence-corrected chi connectivity index (χ2v) is 7.78. The lowest BCUT2D eigenvalue weighted by Gasteiger charge is -2.18. The second kappa shape index (κ2) is 9.23. The van der Waals surface area contributed by atoms with Crippen LogP contribution in [-0.4, -0.2) is 39.2 Å². The standard InChI is InChI=1S/C18H18F4N2O4S/c1-24(12-13-4-2-3-5-16(13)19)17(25)10-11-23-29(26,27)15-8-6-14(7-9-15)28-18(20,21)22/h2-9,23H,10-12H2,1H3. The molecule has 0 unspecified atom stereocenters. The molecule has 0 fully saturated rings. The molecule has 2 rings (SSSR count). The predicted octanol–water partition coefficient (Wildman–Crippen LogP) is 3.05. The van der Waals surface area contributed by atoms with Crippen LogP contribution in [0.1, 0.15) is 12.0 Å². The maximum Gasteiger partial charge on any atom is 0.573 e. The molecule has 6 nitrogen and oxygen atoms in total. The van der Waals surface area contributed by atoms with E-state index < -0.39 is 33.9 Å². The van der Waals surface area contributed by atoms with Crippen molar-refractivity contribution >= 4 is 15.9 Å². The molecule has 0 aliphatic rings. The lowest BCUT2D eigenvalue weighted by atomic mass is 10.2. The maximum absolute atomic E-state index is 13.6. The molecule has 2 aromatic rings. The molecule has 0 radical (unpaired) electrons. The Kier molecular flexibility index (Phi) is 7.20. The quantitative estimate of drug-likeness (QED) is 0.648. The summed E-state index contributed by atoms with van der Waals surface area (Å²) >= 11 is 0. The van der Waals surface area contributed by atoms with Gasteiger partial charge in [-0.05, 0) is 30.3 Å². The Hall–Kier alpha value is -2.66. The number of halogens is 4. The molecule has 11 heteroatoms. The monoisotopic (exact) mass is 434 g/mol. The molecule has 0 saturated heterocycles. The van der Waals surface area contributed by atoms with E-state index in [-0.39, 0.29) is 24.4 Å². The van der Waals surface area contributed by atoms with Crippen molar-refractivity contribution in [3.63, 3.8) is 0 Å². The van der Waals surface area contributed by atoms with Gasteiger partial charge in [0.25, 0.3) is 0 Å². The molecule has 1 N–H and O–H groups in total. The lowest BCUT2D eigenvalue weighted by Crippen LogP contribution is -2.32. The molecule has 0 spiro atoms. The summed E-state index contributed by atoms with van der Waals surface area (Å²) in [7, 11) is -2.56. The minimum Gasteiger partial charge on any atom is -0.406 e. The SMILES string of the molecule is CN(Cc1ccccc1F)C(=O)CCNS(=O)(=O)c1ccc(OC(F)(F)F)cc1. The van der Waals surface area contributed by atoms with Gasteiger partial charge in [-0.2, -0.15) is 0 Å². The van der Waals surface area contributed by atoms with Crippen LogP contribution < -0.4 is 9.46 Å². The smallest absolute Gasteiger partial charge is 0.406 e. The lowest BCUT2D eigenvalue weighted by molar-refractivity contribution is -0.274. The van der Waals surface area contributed by atoms with Crippen molar-refractivity contribution in [1.82, 2.24) is 9.62 Å². The number of carbonyl (C=O) groups excluding carboxylic acids is 1. The highest BCUT2D eigenvalue weighted by molar-refractivity contribution is 7.89. The number of hydrogen-bond donors (Lipinski definition) is 1. The van der Waals surface area contributed by atoms with Gasteiger partial charge >= 0.3 is 6.36 Å². The highest BCUT2D eigenvalue weighted by atomic mass is 32.2. The Bertz CT molecular complexity index is 947. The number of amides is 1. The minimum absolute atomic E-state index is 0.0267. The van der Waals surface area contributed by atoms with Crippen molar-refractivity contribution in [3.8, 4) is 5.75 Å². The zero-order valence-electron chi connectivity index (χ0n) is 15.2. The maximum atomic E-state index is 13.6. The van der Waals surface area contributed by atoms with E-state index in [1.807, 2.05) is 0 Å². The highest BCUT2D eigenvalue weighted by Gasteiger charge is 2.31. The summed E-state index contributed by atoms with van der Waals surface area (Å²) in [5.74, 6) is -1.42. The average Bonchev–Trinajstić information content (AvgIpc) is 2.62. The van der Waals surface area contributed by atoms with Crippen molar-refractivity contribution in [1.29, 1.82) is 0 Å². The molecule has 0 aliphatic heterocycles. The molecule has 0 atom stereocenters. The van der Waals surface area contributed by atoms with Crippen LogP contribution in [0.2, 0.25) is 0 Å². The normalized spacial score (nSPS) is 11.9. The van der Waals surface area contributed by atoms with Crippen molar-refractivity contribution in [2.75, 3.05) is 13.6 Å². The van der Waals surface area contributed by atoms with Crippen LogP contribution in [0.3, 0.4) is 0 Å². The van der Waals surface area contributed by atoms with E-state index in [9.17, 15) is 30.8 Å². The fourth-order valence-electron chi connectivity index (χ4n) is 2.36. The summed E-state index contributed by atoms with van der Waals surface area (Å²) in [6, 6.07) is 9.61. The number of rotatable bonds is 8. The van der Waals surface area contributed by atoms with Gasteiger partial charge in [0.1, 0.15) is 11.6 Å².